The van der Waals surface area contributed by atoms with E-state index >= 15 is 0 Å². The first-order valence-corrected chi connectivity index (χ1v) is 6.04. The maximum Gasteiger partial charge on any atom is 0.273 e. The first kappa shape index (κ1) is 13.6. The molecule has 0 aromatic heterocycles. The highest BCUT2D eigenvalue weighted by Crippen LogP contribution is 2.08. The molecule has 1 aliphatic rings. The lowest BCUT2D eigenvalue weighted by atomic mass is 10.1. The van der Waals surface area contributed by atoms with E-state index in [0.717, 1.165) is 16.8 Å². The molecule has 0 aliphatic carbocycles. The van der Waals surface area contributed by atoms with Crippen molar-refractivity contribution < 1.29 is 14.1 Å². The lowest BCUT2D eigenvalue weighted by Gasteiger charge is -2.18. The number of carbonyl (C=O) groups excluding carboxylic acids is 2. The van der Waals surface area contributed by atoms with E-state index in [2.05, 4.69) is 15.6 Å². The molecular weight excluding hydrogens is 247 g/mol. The van der Waals surface area contributed by atoms with Gasteiger partial charge < -0.3 is 0 Å². The SMILES string of the molecule is CCS/C(=N\F)NC(=O)C1=NN(C)C(=O)CC1. The van der Waals surface area contributed by atoms with Crippen LogP contribution in [0.3, 0.4) is 0 Å². The van der Waals surface area contributed by atoms with E-state index in [0.29, 0.717) is 5.75 Å². The summed E-state index contributed by atoms with van der Waals surface area (Å²) < 4.78 is 12.2. The van der Waals surface area contributed by atoms with Gasteiger partial charge in [0.25, 0.3) is 5.91 Å². The number of hydrazone groups is 1. The van der Waals surface area contributed by atoms with Crippen LogP contribution in [0.2, 0.25) is 0 Å². The fraction of sp³-hybridized carbons (Fsp3) is 0.556. The Morgan fingerprint density at radius 2 is 2.35 bits per heavy atom. The third kappa shape index (κ3) is 3.81. The number of hydrogen-bond acceptors (Lipinski definition) is 5. The first-order valence-electron chi connectivity index (χ1n) is 5.05. The van der Waals surface area contributed by atoms with Crippen LogP contribution in [0.5, 0.6) is 0 Å². The van der Waals surface area contributed by atoms with Gasteiger partial charge in [0.15, 0.2) is 0 Å². The van der Waals surface area contributed by atoms with Gasteiger partial charge >= 0.3 is 0 Å². The quantitative estimate of drug-likeness (QED) is 0.587. The van der Waals surface area contributed by atoms with Crippen LogP contribution in [0.15, 0.2) is 10.3 Å². The van der Waals surface area contributed by atoms with Crippen LogP contribution in [0.25, 0.3) is 0 Å². The molecule has 1 N–H and O–H groups in total. The highest BCUT2D eigenvalue weighted by atomic mass is 32.2. The number of rotatable bonds is 2. The molecular formula is C9H13FN4O2S. The Hall–Kier alpha value is -1.44. The molecule has 1 heterocycles. The van der Waals surface area contributed by atoms with Gasteiger partial charge in [-0.2, -0.15) is 5.10 Å². The van der Waals surface area contributed by atoms with E-state index in [-0.39, 0.29) is 29.6 Å². The zero-order valence-electron chi connectivity index (χ0n) is 9.57. The van der Waals surface area contributed by atoms with Crippen molar-refractivity contribution in [3.05, 3.63) is 0 Å². The second-order valence-electron chi connectivity index (χ2n) is 3.24. The molecule has 6 nitrogen and oxygen atoms in total. The first-order chi connectivity index (χ1) is 8.08. The van der Waals surface area contributed by atoms with Crippen molar-refractivity contribution in [1.29, 1.82) is 0 Å². The van der Waals surface area contributed by atoms with E-state index in [1.165, 1.54) is 7.05 Å². The number of nitrogens with one attached hydrogen (secondary N) is 1. The molecule has 0 radical (unpaired) electrons. The minimum absolute atomic E-state index is 0.0975. The summed E-state index contributed by atoms with van der Waals surface area (Å²) in [6, 6.07) is 0. The summed E-state index contributed by atoms with van der Waals surface area (Å²) in [7, 11) is 1.47. The Bertz CT molecular complexity index is 383. The van der Waals surface area contributed by atoms with Crippen LogP contribution in [0.4, 0.5) is 4.48 Å². The molecule has 0 bridgehead atoms. The molecule has 0 aromatic rings. The van der Waals surface area contributed by atoms with Crippen LogP contribution in [-0.4, -0.2) is 40.5 Å². The summed E-state index contributed by atoms with van der Waals surface area (Å²) in [5.41, 5.74) is 0.199. The van der Waals surface area contributed by atoms with Crippen LogP contribution in [0.1, 0.15) is 19.8 Å². The van der Waals surface area contributed by atoms with Gasteiger partial charge in [-0.15, -0.1) is 0 Å². The predicted octanol–water partition coefficient (Wildman–Crippen LogP) is 0.704. The third-order valence-electron chi connectivity index (χ3n) is 2.05. The Morgan fingerprint density at radius 1 is 1.65 bits per heavy atom. The summed E-state index contributed by atoms with van der Waals surface area (Å²) in [5.74, 6) is -0.0842. The number of carbonyl (C=O) groups is 2. The second-order valence-corrected chi connectivity index (χ2v) is 4.49. The minimum atomic E-state index is -0.526. The van der Waals surface area contributed by atoms with Crippen molar-refractivity contribution in [2.24, 2.45) is 10.3 Å². The summed E-state index contributed by atoms with van der Waals surface area (Å²) in [6.07, 6.45) is 0.483. The van der Waals surface area contributed by atoms with Gasteiger partial charge in [-0.3, -0.25) is 14.9 Å². The molecule has 17 heavy (non-hydrogen) atoms. The standard InChI is InChI=1S/C9H13FN4O2S/c1-3-17-9(12-10)11-8(16)6-4-5-7(15)14(2)13-6/h3-5H2,1-2H3,(H,11,12,16). The molecule has 0 unspecified atom stereocenters. The largest absolute Gasteiger partial charge is 0.298 e. The molecule has 94 valence electrons. The molecule has 1 aliphatic heterocycles. The summed E-state index contributed by atoms with van der Waals surface area (Å²) >= 11 is 1.08. The fourth-order valence-electron chi connectivity index (χ4n) is 1.22. The van der Waals surface area contributed by atoms with Crippen molar-refractivity contribution >= 4 is 34.5 Å². The van der Waals surface area contributed by atoms with E-state index in [1.54, 1.807) is 0 Å². The molecule has 0 spiro atoms. The summed E-state index contributed by atoms with van der Waals surface area (Å²) in [6.45, 7) is 1.81. The smallest absolute Gasteiger partial charge is 0.273 e. The lowest BCUT2D eigenvalue weighted by Crippen LogP contribution is -2.39. The fourth-order valence-corrected chi connectivity index (χ4v) is 1.71. The number of amides is 2. The van der Waals surface area contributed by atoms with Crippen molar-refractivity contribution in [3.63, 3.8) is 0 Å². The van der Waals surface area contributed by atoms with Crippen LogP contribution in [0, 0.1) is 0 Å². The normalized spacial score (nSPS) is 16.9. The minimum Gasteiger partial charge on any atom is -0.298 e. The van der Waals surface area contributed by atoms with E-state index in [9.17, 15) is 14.1 Å². The van der Waals surface area contributed by atoms with Gasteiger partial charge in [0, 0.05) is 19.9 Å². The molecule has 0 fully saturated rings. The predicted molar refractivity (Wildman–Crippen MR) is 64.3 cm³/mol. The monoisotopic (exact) mass is 260 g/mol. The van der Waals surface area contributed by atoms with Gasteiger partial charge in [-0.1, -0.05) is 28.4 Å². The van der Waals surface area contributed by atoms with Crippen molar-refractivity contribution in [2.75, 3.05) is 12.8 Å². The Balaban J connectivity index is 2.65. The Kier molecular flexibility index (Phi) is 5.08. The van der Waals surface area contributed by atoms with E-state index < -0.39 is 5.91 Å². The topological polar surface area (TPSA) is 74.1 Å². The molecule has 8 heteroatoms. The van der Waals surface area contributed by atoms with E-state index in [4.69, 9.17) is 0 Å². The number of thioether (sulfide) groups is 1. The van der Waals surface area contributed by atoms with Gasteiger partial charge in [0.05, 0.1) is 0 Å². The van der Waals surface area contributed by atoms with Gasteiger partial charge in [-0.25, -0.2) is 5.01 Å². The van der Waals surface area contributed by atoms with Crippen LogP contribution >= 0.6 is 11.8 Å². The number of nitrogens with zero attached hydrogens (tertiary/aromatic N) is 3. The average molecular weight is 260 g/mol. The van der Waals surface area contributed by atoms with Crippen molar-refractivity contribution in [1.82, 2.24) is 10.3 Å². The average Bonchev–Trinajstić information content (AvgIpc) is 2.31. The van der Waals surface area contributed by atoms with Crippen LogP contribution in [-0.2, 0) is 9.59 Å². The van der Waals surface area contributed by atoms with Gasteiger partial charge in [0.1, 0.15) is 5.71 Å². The molecule has 1 rings (SSSR count). The highest BCUT2D eigenvalue weighted by molar-refractivity contribution is 8.13. The second kappa shape index (κ2) is 6.33. The number of hydrogen-bond donors (Lipinski definition) is 1. The van der Waals surface area contributed by atoms with E-state index in [1.807, 2.05) is 6.92 Å². The zero-order valence-corrected chi connectivity index (χ0v) is 10.4. The highest BCUT2D eigenvalue weighted by Gasteiger charge is 2.22. The Morgan fingerprint density at radius 3 is 2.88 bits per heavy atom. The maximum absolute atomic E-state index is 12.2. The summed E-state index contributed by atoms with van der Waals surface area (Å²) in [5, 5.41) is 9.59. The van der Waals surface area contributed by atoms with Crippen molar-refractivity contribution in [2.45, 2.75) is 19.8 Å². The molecule has 0 aromatic carbocycles. The maximum atomic E-state index is 12.2. The zero-order chi connectivity index (χ0) is 12.8. The van der Waals surface area contributed by atoms with Gasteiger partial charge in [0.2, 0.25) is 11.1 Å². The lowest BCUT2D eigenvalue weighted by molar-refractivity contribution is -0.130. The molecule has 0 saturated heterocycles. The molecule has 0 atom stereocenters. The Labute approximate surface area is 102 Å². The number of halogens is 1. The summed E-state index contributed by atoms with van der Waals surface area (Å²) in [4.78, 5) is 22.8. The molecule has 0 saturated carbocycles. The van der Waals surface area contributed by atoms with Crippen LogP contribution < -0.4 is 5.32 Å². The van der Waals surface area contributed by atoms with Gasteiger partial charge in [-0.05, 0) is 5.75 Å². The molecule has 2 amide bonds. The third-order valence-corrected chi connectivity index (χ3v) is 2.78. The number of amidine groups is 1. The van der Waals surface area contributed by atoms with Crippen molar-refractivity contribution in [3.8, 4) is 0 Å².